The van der Waals surface area contributed by atoms with Crippen molar-refractivity contribution < 1.29 is 9.59 Å². The molecule has 1 aliphatic rings. The first-order valence-electron chi connectivity index (χ1n) is 10.1. The second-order valence-corrected chi connectivity index (χ2v) is 8.61. The third-order valence-electron chi connectivity index (χ3n) is 5.32. The van der Waals surface area contributed by atoms with Crippen LogP contribution in [0.2, 0.25) is 0 Å². The van der Waals surface area contributed by atoms with Crippen molar-refractivity contribution >= 4 is 34.0 Å². The predicted molar refractivity (Wildman–Crippen MR) is 120 cm³/mol. The Hall–Kier alpha value is -3.92. The van der Waals surface area contributed by atoms with Crippen molar-refractivity contribution in [2.24, 2.45) is 0 Å². The van der Waals surface area contributed by atoms with Crippen LogP contribution in [0.5, 0.6) is 0 Å². The zero-order chi connectivity index (χ0) is 22.1. The Morgan fingerprint density at radius 1 is 1.06 bits per heavy atom. The van der Waals surface area contributed by atoms with Gasteiger partial charge in [0.2, 0.25) is 5.91 Å². The molecule has 10 heteroatoms. The molecule has 1 aliphatic carbocycles. The first kappa shape index (κ1) is 20.0. The molecule has 0 saturated heterocycles. The molecule has 0 spiro atoms. The summed E-state index contributed by atoms with van der Waals surface area (Å²) in [7, 11) is 0. The molecule has 2 heterocycles. The smallest absolute Gasteiger partial charge is 0.257 e. The minimum Gasteiger partial charge on any atom is -0.326 e. The van der Waals surface area contributed by atoms with Gasteiger partial charge in [-0.15, -0.1) is 16.4 Å². The number of anilines is 2. The highest BCUT2D eigenvalue weighted by Gasteiger charge is 2.33. The molecule has 9 nitrogen and oxygen atoms in total. The molecule has 160 valence electrons. The maximum absolute atomic E-state index is 12.9. The number of benzene rings is 2. The largest absolute Gasteiger partial charge is 0.326 e. The molecular weight excluding hydrogens is 426 g/mol. The number of aromatic nitrogens is 5. The fourth-order valence-corrected chi connectivity index (χ4v) is 4.65. The number of nitrogens with one attached hydrogen (secondary N) is 2. The van der Waals surface area contributed by atoms with Gasteiger partial charge in [-0.2, -0.15) is 0 Å². The minimum absolute atomic E-state index is 0.111. The van der Waals surface area contributed by atoms with Gasteiger partial charge in [0, 0.05) is 16.1 Å². The molecule has 1 atom stereocenters. The third-order valence-corrected chi connectivity index (χ3v) is 6.36. The van der Waals surface area contributed by atoms with Crippen LogP contribution < -0.4 is 10.6 Å². The van der Waals surface area contributed by atoms with E-state index in [1.165, 1.54) is 22.3 Å². The molecule has 0 saturated carbocycles. The van der Waals surface area contributed by atoms with Gasteiger partial charge in [-0.05, 0) is 66.6 Å². The summed E-state index contributed by atoms with van der Waals surface area (Å²) in [6.45, 7) is 1.97. The van der Waals surface area contributed by atoms with E-state index >= 15 is 0 Å². The highest BCUT2D eigenvalue weighted by Crippen LogP contribution is 2.39. The highest BCUT2D eigenvalue weighted by atomic mass is 32.1. The summed E-state index contributed by atoms with van der Waals surface area (Å²) >= 11 is 1.43. The molecule has 2 aromatic heterocycles. The summed E-state index contributed by atoms with van der Waals surface area (Å²) in [5.41, 5.74) is 3.89. The van der Waals surface area contributed by atoms with Crippen LogP contribution >= 0.6 is 11.3 Å². The fourth-order valence-electron chi connectivity index (χ4n) is 3.62. The summed E-state index contributed by atoms with van der Waals surface area (Å²) < 4.78 is 1.54. The van der Waals surface area contributed by atoms with E-state index in [1.807, 2.05) is 31.2 Å². The zero-order valence-corrected chi connectivity index (χ0v) is 18.0. The van der Waals surface area contributed by atoms with Crippen LogP contribution in [0.1, 0.15) is 38.8 Å². The van der Waals surface area contributed by atoms with E-state index in [1.54, 1.807) is 24.3 Å². The van der Waals surface area contributed by atoms with Crippen molar-refractivity contribution in [1.82, 2.24) is 25.2 Å². The molecule has 0 radical (unpaired) electrons. The number of carbonyl (C=O) groups excluding carboxylic acids is 2. The average molecular weight is 446 g/mol. The monoisotopic (exact) mass is 445 g/mol. The lowest BCUT2D eigenvalue weighted by Crippen LogP contribution is -2.20. The maximum Gasteiger partial charge on any atom is 0.257 e. The summed E-state index contributed by atoms with van der Waals surface area (Å²) in [5.74, 6) is -0.660. The van der Waals surface area contributed by atoms with Crippen molar-refractivity contribution in [2.45, 2.75) is 25.7 Å². The highest BCUT2D eigenvalue weighted by molar-refractivity contribution is 7.16. The number of hydrogen-bond acceptors (Lipinski definition) is 7. The van der Waals surface area contributed by atoms with Crippen LogP contribution in [0.3, 0.4) is 0 Å². The molecule has 0 unspecified atom stereocenters. The quantitative estimate of drug-likeness (QED) is 0.487. The van der Waals surface area contributed by atoms with Crippen LogP contribution in [0, 0.1) is 6.92 Å². The molecule has 0 aliphatic heterocycles. The van der Waals surface area contributed by atoms with Crippen molar-refractivity contribution in [1.29, 1.82) is 0 Å². The second kappa shape index (κ2) is 8.31. The van der Waals surface area contributed by atoms with E-state index in [9.17, 15) is 9.59 Å². The number of fused-ring (bicyclic) bond motifs is 1. The number of hydrogen-bond donors (Lipinski definition) is 2. The second-order valence-electron chi connectivity index (χ2n) is 7.53. The number of tetrazole rings is 1. The van der Waals surface area contributed by atoms with E-state index in [-0.39, 0.29) is 17.7 Å². The zero-order valence-electron chi connectivity index (χ0n) is 17.1. The Kier molecular flexibility index (Phi) is 5.20. The number of rotatable bonds is 5. The lowest BCUT2D eigenvalue weighted by Gasteiger charge is -2.11. The number of amides is 2. The van der Waals surface area contributed by atoms with E-state index in [2.05, 4.69) is 31.1 Å². The summed E-state index contributed by atoms with van der Waals surface area (Å²) in [4.78, 5) is 31.0. The van der Waals surface area contributed by atoms with Gasteiger partial charge < -0.3 is 5.32 Å². The number of thiazole rings is 1. The molecule has 5 rings (SSSR count). The van der Waals surface area contributed by atoms with Crippen LogP contribution in [0.15, 0.2) is 54.9 Å². The normalized spacial score (nSPS) is 14.7. The molecule has 0 fully saturated rings. The number of aryl methyl sites for hydroxylation is 2. The van der Waals surface area contributed by atoms with Gasteiger partial charge in [0.15, 0.2) is 5.13 Å². The van der Waals surface area contributed by atoms with Gasteiger partial charge in [0.05, 0.1) is 17.3 Å². The SMILES string of the molecule is Cc1ccc(C(=O)Nc2nc3c(s2)CC[C@H]3C(=O)Nc2ccc(-n3cnnn3)cc2)cc1. The van der Waals surface area contributed by atoms with Gasteiger partial charge in [-0.1, -0.05) is 17.7 Å². The average Bonchev–Trinajstić information content (AvgIpc) is 3.52. The van der Waals surface area contributed by atoms with Crippen LogP contribution in [-0.4, -0.2) is 37.0 Å². The lowest BCUT2D eigenvalue weighted by atomic mass is 10.1. The predicted octanol–water partition coefficient (Wildman–Crippen LogP) is 3.35. The molecule has 2 N–H and O–H groups in total. The molecule has 2 amide bonds. The number of carbonyl (C=O) groups is 2. The van der Waals surface area contributed by atoms with Gasteiger partial charge in [-0.25, -0.2) is 9.67 Å². The van der Waals surface area contributed by atoms with Crippen molar-refractivity contribution in [3.63, 3.8) is 0 Å². The molecule has 0 bridgehead atoms. The first-order chi connectivity index (χ1) is 15.6. The Bertz CT molecular complexity index is 1260. The van der Waals surface area contributed by atoms with E-state index in [0.717, 1.165) is 28.2 Å². The van der Waals surface area contributed by atoms with Crippen LogP contribution in [0.25, 0.3) is 5.69 Å². The third kappa shape index (κ3) is 4.00. The molecular formula is C22H19N7O2S. The maximum atomic E-state index is 12.9. The molecule has 2 aromatic carbocycles. The summed E-state index contributed by atoms with van der Waals surface area (Å²) in [6, 6.07) is 14.6. The standard InChI is InChI=1S/C22H19N7O2S/c1-13-2-4-14(5-3-13)20(30)26-22-25-19-17(10-11-18(19)32-22)21(31)24-15-6-8-16(9-7-15)29-12-23-27-28-29/h2-9,12,17H,10-11H2,1H3,(H,24,31)(H,25,26,30)/t17-/m1/s1. The van der Waals surface area contributed by atoms with E-state index in [4.69, 9.17) is 0 Å². The van der Waals surface area contributed by atoms with E-state index in [0.29, 0.717) is 22.8 Å². The van der Waals surface area contributed by atoms with Crippen LogP contribution in [0.4, 0.5) is 10.8 Å². The van der Waals surface area contributed by atoms with Gasteiger partial charge in [0.1, 0.15) is 6.33 Å². The Balaban J connectivity index is 1.26. The van der Waals surface area contributed by atoms with Crippen molar-refractivity contribution in [2.75, 3.05) is 10.6 Å². The van der Waals surface area contributed by atoms with Crippen molar-refractivity contribution in [3.05, 3.63) is 76.6 Å². The Labute approximate surface area is 187 Å². The summed E-state index contributed by atoms with van der Waals surface area (Å²) in [5, 5.41) is 17.4. The van der Waals surface area contributed by atoms with Gasteiger partial charge in [-0.3, -0.25) is 14.9 Å². The summed E-state index contributed by atoms with van der Waals surface area (Å²) in [6.07, 6.45) is 2.98. The molecule has 4 aromatic rings. The minimum atomic E-state index is -0.342. The number of nitrogens with zero attached hydrogens (tertiary/aromatic N) is 5. The topological polar surface area (TPSA) is 115 Å². The lowest BCUT2D eigenvalue weighted by molar-refractivity contribution is -0.117. The first-order valence-corrected chi connectivity index (χ1v) is 10.9. The van der Waals surface area contributed by atoms with E-state index < -0.39 is 0 Å². The Morgan fingerprint density at radius 2 is 1.84 bits per heavy atom. The van der Waals surface area contributed by atoms with Gasteiger partial charge in [0.25, 0.3) is 5.91 Å². The van der Waals surface area contributed by atoms with Crippen LogP contribution in [-0.2, 0) is 11.2 Å². The fraction of sp³-hybridized carbons (Fsp3) is 0.182. The van der Waals surface area contributed by atoms with Crippen molar-refractivity contribution in [3.8, 4) is 5.69 Å². The van der Waals surface area contributed by atoms with Gasteiger partial charge >= 0.3 is 0 Å². The molecule has 32 heavy (non-hydrogen) atoms. The Morgan fingerprint density at radius 3 is 2.56 bits per heavy atom.